The largest absolute Gasteiger partial charge is 0.493 e. The zero-order valence-electron chi connectivity index (χ0n) is 15.0. The zero-order valence-corrected chi connectivity index (χ0v) is 15.8. The molecule has 0 spiro atoms. The summed E-state index contributed by atoms with van der Waals surface area (Å²) in [6.45, 7) is 5.37. The summed E-state index contributed by atoms with van der Waals surface area (Å²) in [6.07, 6.45) is 1.03. The van der Waals surface area contributed by atoms with E-state index >= 15 is 0 Å². The molecular weight excluding hydrogens is 336 g/mol. The molecule has 0 aliphatic rings. The minimum Gasteiger partial charge on any atom is -0.493 e. The third-order valence-corrected chi connectivity index (χ3v) is 4.79. The van der Waals surface area contributed by atoms with Crippen molar-refractivity contribution in [1.29, 1.82) is 0 Å². The van der Waals surface area contributed by atoms with Gasteiger partial charge in [-0.15, -0.1) is 11.3 Å². The van der Waals surface area contributed by atoms with Crippen molar-refractivity contribution in [3.8, 4) is 11.5 Å². The number of ether oxygens (including phenoxy) is 2. The van der Waals surface area contributed by atoms with Crippen molar-refractivity contribution >= 4 is 17.2 Å². The van der Waals surface area contributed by atoms with Crippen LogP contribution in [-0.4, -0.2) is 26.2 Å². The molecule has 1 unspecified atom stereocenters. The van der Waals surface area contributed by atoms with Gasteiger partial charge in [0, 0.05) is 24.0 Å². The predicted octanol–water partition coefficient (Wildman–Crippen LogP) is 3.51. The SMILES string of the molecule is CCNC(=O)COc1ccc(CNC(CC)c2cccs2)cc1OC. The van der Waals surface area contributed by atoms with Gasteiger partial charge in [-0.05, 0) is 42.5 Å². The van der Waals surface area contributed by atoms with Crippen LogP contribution in [0.4, 0.5) is 0 Å². The van der Waals surface area contributed by atoms with Gasteiger partial charge in [0.25, 0.3) is 5.91 Å². The van der Waals surface area contributed by atoms with Crippen LogP contribution >= 0.6 is 11.3 Å². The smallest absolute Gasteiger partial charge is 0.257 e. The van der Waals surface area contributed by atoms with Crippen LogP contribution in [0.2, 0.25) is 0 Å². The van der Waals surface area contributed by atoms with Crippen molar-refractivity contribution in [2.24, 2.45) is 0 Å². The molecule has 2 rings (SSSR count). The molecule has 1 atom stereocenters. The number of benzene rings is 1. The number of hydrogen-bond acceptors (Lipinski definition) is 5. The van der Waals surface area contributed by atoms with E-state index in [9.17, 15) is 4.79 Å². The first-order valence-corrected chi connectivity index (χ1v) is 9.39. The fraction of sp³-hybridized carbons (Fsp3) is 0.421. The van der Waals surface area contributed by atoms with E-state index in [1.54, 1.807) is 18.4 Å². The normalized spacial score (nSPS) is 11.8. The summed E-state index contributed by atoms with van der Waals surface area (Å²) in [7, 11) is 1.60. The molecule has 2 aromatic rings. The summed E-state index contributed by atoms with van der Waals surface area (Å²) < 4.78 is 10.9. The van der Waals surface area contributed by atoms with E-state index in [1.165, 1.54) is 4.88 Å². The van der Waals surface area contributed by atoms with Gasteiger partial charge >= 0.3 is 0 Å². The van der Waals surface area contributed by atoms with E-state index < -0.39 is 0 Å². The average molecular weight is 362 g/mol. The highest BCUT2D eigenvalue weighted by Crippen LogP contribution is 2.29. The molecule has 6 heteroatoms. The topological polar surface area (TPSA) is 59.6 Å². The lowest BCUT2D eigenvalue weighted by molar-refractivity contribution is -0.123. The second kappa shape index (κ2) is 10.1. The maximum Gasteiger partial charge on any atom is 0.257 e. The number of carbonyl (C=O) groups excluding carboxylic acids is 1. The third kappa shape index (κ3) is 5.76. The van der Waals surface area contributed by atoms with E-state index in [0.29, 0.717) is 24.1 Å². The lowest BCUT2D eigenvalue weighted by Gasteiger charge is -2.17. The highest BCUT2D eigenvalue weighted by atomic mass is 32.1. The summed E-state index contributed by atoms with van der Waals surface area (Å²) in [5.74, 6) is 1.06. The van der Waals surface area contributed by atoms with Gasteiger partial charge in [-0.25, -0.2) is 0 Å². The first-order chi connectivity index (χ1) is 12.2. The Hall–Kier alpha value is -2.05. The minimum absolute atomic E-state index is 0.0158. The molecule has 0 saturated heterocycles. The standard InChI is InChI=1S/C19H26N2O3S/c1-4-15(18-7-6-10-25-18)21-12-14-8-9-16(17(11-14)23-3)24-13-19(22)20-5-2/h6-11,15,21H,4-5,12-13H2,1-3H3,(H,20,22). The second-order valence-corrected chi connectivity index (χ2v) is 6.56. The Labute approximate surface area is 153 Å². The van der Waals surface area contributed by atoms with Crippen molar-refractivity contribution < 1.29 is 14.3 Å². The van der Waals surface area contributed by atoms with E-state index in [1.807, 2.05) is 25.1 Å². The lowest BCUT2D eigenvalue weighted by atomic mass is 10.1. The Kier molecular flexibility index (Phi) is 7.76. The molecule has 5 nitrogen and oxygen atoms in total. The highest BCUT2D eigenvalue weighted by molar-refractivity contribution is 7.10. The van der Waals surface area contributed by atoms with Crippen LogP contribution in [0.5, 0.6) is 11.5 Å². The Balaban J connectivity index is 1.96. The van der Waals surface area contributed by atoms with Crippen LogP contribution in [0.15, 0.2) is 35.7 Å². The van der Waals surface area contributed by atoms with Crippen LogP contribution in [0.1, 0.15) is 36.8 Å². The Morgan fingerprint density at radius 2 is 2.08 bits per heavy atom. The number of thiophene rings is 1. The van der Waals surface area contributed by atoms with E-state index in [-0.39, 0.29) is 12.5 Å². The van der Waals surface area contributed by atoms with Crippen molar-refractivity contribution in [3.05, 3.63) is 46.2 Å². The Morgan fingerprint density at radius 3 is 2.72 bits per heavy atom. The van der Waals surface area contributed by atoms with Gasteiger partial charge in [-0.2, -0.15) is 0 Å². The zero-order chi connectivity index (χ0) is 18.1. The van der Waals surface area contributed by atoms with Crippen molar-refractivity contribution in [3.63, 3.8) is 0 Å². The first-order valence-electron chi connectivity index (χ1n) is 8.51. The maximum atomic E-state index is 11.5. The van der Waals surface area contributed by atoms with Gasteiger partial charge in [0.05, 0.1) is 7.11 Å². The molecule has 1 heterocycles. The van der Waals surface area contributed by atoms with E-state index in [4.69, 9.17) is 9.47 Å². The van der Waals surface area contributed by atoms with Gasteiger partial charge in [0.1, 0.15) is 0 Å². The maximum absolute atomic E-state index is 11.5. The summed E-state index contributed by atoms with van der Waals surface area (Å²) >= 11 is 1.77. The molecule has 0 aliphatic carbocycles. The van der Waals surface area contributed by atoms with Crippen LogP contribution < -0.4 is 20.1 Å². The number of rotatable bonds is 10. The summed E-state index contributed by atoms with van der Waals surface area (Å²) in [5, 5.41) is 8.38. The molecule has 136 valence electrons. The van der Waals surface area contributed by atoms with Crippen LogP contribution in [0, 0.1) is 0 Å². The van der Waals surface area contributed by atoms with Gasteiger partial charge < -0.3 is 20.1 Å². The molecular formula is C19H26N2O3S. The molecule has 0 aliphatic heterocycles. The minimum atomic E-state index is -0.142. The molecule has 0 fully saturated rings. The first kappa shape index (κ1) is 19.3. The van der Waals surface area contributed by atoms with Crippen molar-refractivity contribution in [2.75, 3.05) is 20.3 Å². The number of likely N-dealkylation sites (N-methyl/N-ethyl adjacent to an activating group) is 1. The molecule has 0 saturated carbocycles. The number of nitrogens with one attached hydrogen (secondary N) is 2. The predicted molar refractivity (Wildman–Crippen MR) is 101 cm³/mol. The summed E-state index contributed by atoms with van der Waals surface area (Å²) in [5.41, 5.74) is 1.11. The van der Waals surface area contributed by atoms with E-state index in [2.05, 4.69) is 35.1 Å². The molecule has 1 amide bonds. The molecule has 1 aromatic heterocycles. The highest BCUT2D eigenvalue weighted by Gasteiger charge is 2.12. The Morgan fingerprint density at radius 1 is 1.24 bits per heavy atom. The number of amides is 1. The summed E-state index contributed by atoms with van der Waals surface area (Å²) in [4.78, 5) is 12.9. The number of methoxy groups -OCH3 is 1. The molecule has 2 N–H and O–H groups in total. The van der Waals surface area contributed by atoms with Crippen LogP contribution in [0.25, 0.3) is 0 Å². The van der Waals surface area contributed by atoms with Crippen LogP contribution in [-0.2, 0) is 11.3 Å². The molecule has 0 bridgehead atoms. The van der Waals surface area contributed by atoms with Gasteiger partial charge in [-0.3, -0.25) is 4.79 Å². The molecule has 25 heavy (non-hydrogen) atoms. The Bertz CT molecular complexity index is 659. The lowest BCUT2D eigenvalue weighted by Crippen LogP contribution is -2.28. The van der Waals surface area contributed by atoms with Gasteiger partial charge in [0.15, 0.2) is 18.1 Å². The third-order valence-electron chi connectivity index (χ3n) is 3.81. The van der Waals surface area contributed by atoms with E-state index in [0.717, 1.165) is 18.5 Å². The fourth-order valence-electron chi connectivity index (χ4n) is 2.51. The van der Waals surface area contributed by atoms with Crippen molar-refractivity contribution in [1.82, 2.24) is 10.6 Å². The van der Waals surface area contributed by atoms with Crippen LogP contribution in [0.3, 0.4) is 0 Å². The molecule has 0 radical (unpaired) electrons. The number of carbonyl (C=O) groups is 1. The summed E-state index contributed by atoms with van der Waals surface area (Å²) in [6, 6.07) is 10.4. The second-order valence-electron chi connectivity index (χ2n) is 5.58. The average Bonchev–Trinajstić information content (AvgIpc) is 3.15. The molecule has 1 aromatic carbocycles. The monoisotopic (exact) mass is 362 g/mol. The quantitative estimate of drug-likeness (QED) is 0.679. The number of hydrogen-bond donors (Lipinski definition) is 2. The van der Waals surface area contributed by atoms with Crippen molar-refractivity contribution in [2.45, 2.75) is 32.9 Å². The van der Waals surface area contributed by atoms with Gasteiger partial charge in [-0.1, -0.05) is 19.1 Å². The van der Waals surface area contributed by atoms with Gasteiger partial charge in [0.2, 0.25) is 0 Å². The fourth-order valence-corrected chi connectivity index (χ4v) is 3.40.